The largest absolute Gasteiger partial charge is 0.467 e. The van der Waals surface area contributed by atoms with Crippen LogP contribution in [0.1, 0.15) is 40.9 Å². The first-order chi connectivity index (χ1) is 17.2. The van der Waals surface area contributed by atoms with E-state index in [9.17, 15) is 4.79 Å². The zero-order valence-corrected chi connectivity index (χ0v) is 20.8. The van der Waals surface area contributed by atoms with Gasteiger partial charge >= 0.3 is 0 Å². The lowest BCUT2D eigenvalue weighted by Gasteiger charge is -2.34. The second-order valence-electron chi connectivity index (χ2n) is 9.02. The second-order valence-corrected chi connectivity index (χ2v) is 10.5. The standard InChI is InChI=1S/C24H25FN6O4S/c1-13-6-14(30-21(32)16-9-29-18(10-28-16)35-11-19-27-4-5-34-19)7-15(20(13)25)23(2)17-8-24(17,12-33-3)36-22(26)31-23/h4-7,9-10,17H,8,11-12H2,1-3H3,(H2,26,31)(H,30,32)/t17-,23+,24+/m0/s1. The van der Waals surface area contributed by atoms with Crippen molar-refractivity contribution < 1.29 is 23.1 Å². The van der Waals surface area contributed by atoms with Crippen molar-refractivity contribution in [2.45, 2.75) is 37.2 Å². The molecule has 1 aromatic carbocycles. The number of benzene rings is 1. The van der Waals surface area contributed by atoms with E-state index < -0.39 is 11.4 Å². The summed E-state index contributed by atoms with van der Waals surface area (Å²) < 4.78 is 31.1. The Morgan fingerprint density at radius 3 is 2.86 bits per heavy atom. The molecule has 1 fully saturated rings. The third kappa shape index (κ3) is 4.42. The number of aryl methyl sites for hydroxylation is 1. The van der Waals surface area contributed by atoms with E-state index in [1.165, 1.54) is 36.6 Å². The molecular weight excluding hydrogens is 487 g/mol. The SMILES string of the molecule is COC[C@]12C[C@H]1[C@@](C)(c1cc(NC(=O)c3cnc(OCc4ncco4)cn3)cc(C)c1F)N=C(N)S2. The Morgan fingerprint density at radius 2 is 2.17 bits per heavy atom. The highest BCUT2D eigenvalue weighted by atomic mass is 32.2. The van der Waals surface area contributed by atoms with E-state index in [-0.39, 0.29) is 34.7 Å². The molecular formula is C24H25FN6O4S. The van der Waals surface area contributed by atoms with Gasteiger partial charge in [-0.15, -0.1) is 0 Å². The topological polar surface area (TPSA) is 138 Å². The van der Waals surface area contributed by atoms with E-state index in [1.807, 2.05) is 6.92 Å². The number of amidine groups is 1. The van der Waals surface area contributed by atoms with E-state index in [0.29, 0.717) is 34.5 Å². The molecule has 5 rings (SSSR count). The van der Waals surface area contributed by atoms with E-state index >= 15 is 4.39 Å². The average molecular weight is 513 g/mol. The maximum absolute atomic E-state index is 15.4. The van der Waals surface area contributed by atoms with Crippen molar-refractivity contribution in [1.82, 2.24) is 15.0 Å². The van der Waals surface area contributed by atoms with Gasteiger partial charge in [-0.3, -0.25) is 9.79 Å². The number of oxazole rings is 1. The minimum Gasteiger partial charge on any atom is -0.467 e. The third-order valence-electron chi connectivity index (χ3n) is 6.49. The minimum atomic E-state index is -0.884. The molecule has 3 atom stereocenters. The molecule has 0 spiro atoms. The van der Waals surface area contributed by atoms with Crippen molar-refractivity contribution in [2.24, 2.45) is 16.6 Å². The van der Waals surface area contributed by atoms with Gasteiger partial charge in [0.15, 0.2) is 11.8 Å². The molecule has 10 nitrogen and oxygen atoms in total. The molecule has 1 amide bonds. The van der Waals surface area contributed by atoms with Crippen LogP contribution < -0.4 is 15.8 Å². The number of aliphatic imine (C=N–C) groups is 1. The minimum absolute atomic E-state index is 0.0527. The van der Waals surface area contributed by atoms with Crippen LogP contribution in [0.4, 0.5) is 10.1 Å². The van der Waals surface area contributed by atoms with Crippen LogP contribution in [0, 0.1) is 18.7 Å². The molecule has 12 heteroatoms. The van der Waals surface area contributed by atoms with Crippen molar-refractivity contribution in [2.75, 3.05) is 19.0 Å². The van der Waals surface area contributed by atoms with Crippen molar-refractivity contribution in [1.29, 1.82) is 0 Å². The first-order valence-corrected chi connectivity index (χ1v) is 12.0. The van der Waals surface area contributed by atoms with Crippen molar-refractivity contribution in [3.8, 4) is 5.88 Å². The van der Waals surface area contributed by atoms with Crippen molar-refractivity contribution in [3.63, 3.8) is 0 Å². The van der Waals surface area contributed by atoms with E-state index in [0.717, 1.165) is 6.42 Å². The number of aromatic nitrogens is 3. The fourth-order valence-corrected chi connectivity index (χ4v) is 6.15. The van der Waals surface area contributed by atoms with Gasteiger partial charge in [0, 0.05) is 24.3 Å². The summed E-state index contributed by atoms with van der Waals surface area (Å²) in [6.07, 6.45) is 6.39. The summed E-state index contributed by atoms with van der Waals surface area (Å²) in [6.45, 7) is 4.12. The fourth-order valence-electron chi connectivity index (χ4n) is 4.70. The number of fused-ring (bicyclic) bond motifs is 1. The summed E-state index contributed by atoms with van der Waals surface area (Å²) in [5.41, 5.74) is 6.53. The number of carbonyl (C=O) groups excluding carboxylic acids is 1. The Kier molecular flexibility index (Phi) is 6.17. The van der Waals surface area contributed by atoms with Crippen LogP contribution in [0.25, 0.3) is 0 Å². The molecule has 3 heterocycles. The normalized spacial score (nSPS) is 24.6. The lowest BCUT2D eigenvalue weighted by atomic mass is 9.84. The number of thioether (sulfide) groups is 1. The number of hydrogen-bond acceptors (Lipinski definition) is 10. The number of methoxy groups -OCH3 is 1. The van der Waals surface area contributed by atoms with Crippen LogP contribution in [0.3, 0.4) is 0 Å². The molecule has 0 radical (unpaired) electrons. The number of nitrogens with one attached hydrogen (secondary N) is 1. The third-order valence-corrected chi connectivity index (χ3v) is 7.76. The number of carbonyl (C=O) groups is 1. The van der Waals surface area contributed by atoms with Crippen LogP contribution >= 0.6 is 11.8 Å². The van der Waals surface area contributed by atoms with Gasteiger partial charge in [-0.1, -0.05) is 11.8 Å². The summed E-state index contributed by atoms with van der Waals surface area (Å²) >= 11 is 1.49. The zero-order valence-electron chi connectivity index (χ0n) is 19.9. The molecule has 36 heavy (non-hydrogen) atoms. The molecule has 0 saturated heterocycles. The van der Waals surface area contributed by atoms with E-state index in [1.54, 1.807) is 26.2 Å². The van der Waals surface area contributed by atoms with Crippen molar-refractivity contribution in [3.05, 3.63) is 65.5 Å². The van der Waals surface area contributed by atoms with Gasteiger partial charge in [0.1, 0.15) is 17.8 Å². The predicted molar refractivity (Wildman–Crippen MR) is 131 cm³/mol. The quantitative estimate of drug-likeness (QED) is 0.465. The van der Waals surface area contributed by atoms with Gasteiger partial charge in [0.25, 0.3) is 5.91 Å². The van der Waals surface area contributed by atoms with Gasteiger partial charge in [0.05, 0.1) is 35.5 Å². The van der Waals surface area contributed by atoms with Crippen LogP contribution in [0.5, 0.6) is 5.88 Å². The maximum Gasteiger partial charge on any atom is 0.275 e. The monoisotopic (exact) mass is 512 g/mol. The maximum atomic E-state index is 15.4. The molecule has 188 valence electrons. The number of hydrogen-bond donors (Lipinski definition) is 2. The zero-order chi connectivity index (χ0) is 25.5. The number of nitrogens with two attached hydrogens (primary N) is 1. The van der Waals surface area contributed by atoms with Crippen LogP contribution in [-0.2, 0) is 16.9 Å². The fraction of sp³-hybridized carbons (Fsp3) is 0.375. The summed E-state index contributed by atoms with van der Waals surface area (Å²) in [5.74, 6) is -0.206. The van der Waals surface area contributed by atoms with Crippen LogP contribution in [-0.4, -0.2) is 44.5 Å². The number of amides is 1. The number of nitrogens with zero attached hydrogens (tertiary/aromatic N) is 4. The van der Waals surface area contributed by atoms with Gasteiger partial charge < -0.3 is 24.9 Å². The van der Waals surface area contributed by atoms with E-state index in [2.05, 4.69) is 25.3 Å². The Balaban J connectivity index is 1.35. The molecule has 0 bridgehead atoms. The number of rotatable bonds is 8. The Morgan fingerprint density at radius 1 is 1.33 bits per heavy atom. The molecule has 2 aliphatic rings. The van der Waals surface area contributed by atoms with Gasteiger partial charge in [-0.05, 0) is 38.0 Å². The second kappa shape index (κ2) is 9.17. The molecule has 1 saturated carbocycles. The van der Waals surface area contributed by atoms with Gasteiger partial charge in [-0.2, -0.15) is 0 Å². The Hall–Kier alpha value is -3.51. The smallest absolute Gasteiger partial charge is 0.275 e. The molecule has 2 aromatic heterocycles. The number of halogens is 1. The first-order valence-electron chi connectivity index (χ1n) is 11.2. The van der Waals surface area contributed by atoms with Gasteiger partial charge in [0.2, 0.25) is 11.8 Å². The van der Waals surface area contributed by atoms with Gasteiger partial charge in [-0.25, -0.2) is 19.3 Å². The highest BCUT2D eigenvalue weighted by Gasteiger charge is 2.66. The first kappa shape index (κ1) is 24.2. The Bertz CT molecular complexity index is 1320. The average Bonchev–Trinajstić information content (AvgIpc) is 3.32. The molecule has 1 aliphatic carbocycles. The summed E-state index contributed by atoms with van der Waals surface area (Å²) in [6, 6.07) is 3.19. The highest BCUT2D eigenvalue weighted by molar-refractivity contribution is 8.15. The van der Waals surface area contributed by atoms with Crippen LogP contribution in [0.15, 0.2) is 46.4 Å². The molecule has 1 aliphatic heterocycles. The number of ether oxygens (including phenoxy) is 2. The lowest BCUT2D eigenvalue weighted by molar-refractivity contribution is 0.102. The summed E-state index contributed by atoms with van der Waals surface area (Å²) in [5, 5.41) is 3.19. The highest BCUT2D eigenvalue weighted by Crippen LogP contribution is 2.66. The Labute approximate surface area is 210 Å². The van der Waals surface area contributed by atoms with Crippen molar-refractivity contribution >= 4 is 28.5 Å². The summed E-state index contributed by atoms with van der Waals surface area (Å²) in [7, 11) is 1.64. The van der Waals surface area contributed by atoms with Crippen LogP contribution in [0.2, 0.25) is 0 Å². The molecule has 0 unspecified atom stereocenters. The predicted octanol–water partition coefficient (Wildman–Crippen LogP) is 3.43. The number of anilines is 1. The lowest BCUT2D eigenvalue weighted by Crippen LogP contribution is -2.37. The molecule has 3 N–H and O–H groups in total. The summed E-state index contributed by atoms with van der Waals surface area (Å²) in [4.78, 5) is 29.7. The molecule has 3 aromatic rings. The van der Waals surface area contributed by atoms with E-state index in [4.69, 9.17) is 19.6 Å².